The summed E-state index contributed by atoms with van der Waals surface area (Å²) in [6.07, 6.45) is 4.30. The van der Waals surface area contributed by atoms with Crippen LogP contribution in [0, 0.1) is 0 Å². The third-order valence-electron chi connectivity index (χ3n) is 4.56. The Morgan fingerprint density at radius 3 is 2.92 bits per heavy atom. The number of aromatic nitrogens is 4. The van der Waals surface area contributed by atoms with Crippen LogP contribution in [0.4, 0.5) is 5.82 Å². The molecule has 3 aromatic heterocycles. The summed E-state index contributed by atoms with van der Waals surface area (Å²) in [6, 6.07) is 10.5. The molecule has 1 aromatic carbocycles. The Morgan fingerprint density at radius 1 is 1.12 bits per heavy atom. The third kappa shape index (κ3) is 2.66. The highest BCUT2D eigenvalue weighted by molar-refractivity contribution is 7.08. The van der Waals surface area contributed by atoms with Crippen LogP contribution in [0.5, 0.6) is 0 Å². The molecule has 0 N–H and O–H groups in total. The predicted octanol–water partition coefficient (Wildman–Crippen LogP) is 3.82. The molecule has 0 unspecified atom stereocenters. The summed E-state index contributed by atoms with van der Waals surface area (Å²) < 4.78 is 5.51. The molecule has 1 aliphatic rings. The summed E-state index contributed by atoms with van der Waals surface area (Å²) in [5.74, 6) is 1.86. The van der Waals surface area contributed by atoms with Crippen LogP contribution in [-0.2, 0) is 13.0 Å². The van der Waals surface area contributed by atoms with Gasteiger partial charge >= 0.3 is 0 Å². The lowest BCUT2D eigenvalue weighted by molar-refractivity contribution is 0.432. The Morgan fingerprint density at radius 2 is 2.04 bits per heavy atom. The number of fused-ring (bicyclic) bond motifs is 1. The van der Waals surface area contributed by atoms with Crippen molar-refractivity contribution in [1.82, 2.24) is 20.1 Å². The minimum absolute atomic E-state index is 0.445. The van der Waals surface area contributed by atoms with Crippen molar-refractivity contribution in [3.8, 4) is 22.8 Å². The molecule has 0 aliphatic carbocycles. The highest BCUT2D eigenvalue weighted by Crippen LogP contribution is 2.32. The van der Waals surface area contributed by atoms with E-state index in [0.717, 1.165) is 36.5 Å². The average molecular weight is 361 g/mol. The van der Waals surface area contributed by atoms with E-state index >= 15 is 0 Å². The van der Waals surface area contributed by atoms with E-state index in [2.05, 4.69) is 49.3 Å². The van der Waals surface area contributed by atoms with Gasteiger partial charge in [0.25, 0.3) is 5.89 Å². The van der Waals surface area contributed by atoms with E-state index in [4.69, 9.17) is 4.52 Å². The van der Waals surface area contributed by atoms with E-state index in [1.807, 2.05) is 16.8 Å². The maximum absolute atomic E-state index is 5.51. The largest absolute Gasteiger partial charge is 0.351 e. The van der Waals surface area contributed by atoms with Crippen molar-refractivity contribution >= 4 is 17.2 Å². The van der Waals surface area contributed by atoms with Crippen LogP contribution in [0.2, 0.25) is 0 Å². The van der Waals surface area contributed by atoms with Crippen LogP contribution in [-0.4, -0.2) is 26.7 Å². The van der Waals surface area contributed by atoms with Gasteiger partial charge in [-0.05, 0) is 29.0 Å². The molecule has 0 fully saturated rings. The van der Waals surface area contributed by atoms with Crippen LogP contribution in [0.1, 0.15) is 11.1 Å². The molecule has 5 rings (SSSR count). The minimum atomic E-state index is 0.445. The topological polar surface area (TPSA) is 67.9 Å². The van der Waals surface area contributed by atoms with Crippen molar-refractivity contribution in [3.63, 3.8) is 0 Å². The number of nitrogens with zero attached hydrogens (tertiary/aromatic N) is 5. The van der Waals surface area contributed by atoms with Crippen LogP contribution >= 0.6 is 11.3 Å². The molecule has 0 saturated heterocycles. The smallest absolute Gasteiger partial charge is 0.263 e. The van der Waals surface area contributed by atoms with Gasteiger partial charge in [-0.25, -0.2) is 9.97 Å². The molecule has 0 radical (unpaired) electrons. The number of rotatable bonds is 3. The van der Waals surface area contributed by atoms with E-state index in [9.17, 15) is 0 Å². The van der Waals surface area contributed by atoms with E-state index in [1.165, 1.54) is 11.1 Å². The van der Waals surface area contributed by atoms with Crippen LogP contribution < -0.4 is 4.90 Å². The molecule has 1 aliphatic heterocycles. The van der Waals surface area contributed by atoms with Crippen LogP contribution in [0.25, 0.3) is 22.8 Å². The predicted molar refractivity (Wildman–Crippen MR) is 99.8 cm³/mol. The average Bonchev–Trinajstić information content (AvgIpc) is 3.39. The lowest BCUT2D eigenvalue weighted by Crippen LogP contribution is -2.31. The maximum Gasteiger partial charge on any atom is 0.263 e. The summed E-state index contributed by atoms with van der Waals surface area (Å²) >= 11 is 1.60. The Labute approximate surface area is 154 Å². The van der Waals surface area contributed by atoms with Gasteiger partial charge in [0, 0.05) is 30.2 Å². The van der Waals surface area contributed by atoms with E-state index < -0.39 is 0 Å². The van der Waals surface area contributed by atoms with Gasteiger partial charge in [0.15, 0.2) is 0 Å². The van der Waals surface area contributed by atoms with Gasteiger partial charge in [0.2, 0.25) is 5.82 Å². The minimum Gasteiger partial charge on any atom is -0.351 e. The highest BCUT2D eigenvalue weighted by Gasteiger charge is 2.23. The zero-order valence-corrected chi connectivity index (χ0v) is 14.7. The number of hydrogen-bond donors (Lipinski definition) is 0. The number of hydrogen-bond acceptors (Lipinski definition) is 7. The lowest BCUT2D eigenvalue weighted by atomic mass is 10.00. The summed E-state index contributed by atoms with van der Waals surface area (Å²) in [7, 11) is 0. The van der Waals surface area contributed by atoms with Crippen molar-refractivity contribution in [1.29, 1.82) is 0 Å². The Bertz CT molecular complexity index is 1040. The zero-order valence-electron chi connectivity index (χ0n) is 13.9. The molecular weight excluding hydrogens is 346 g/mol. The van der Waals surface area contributed by atoms with Crippen molar-refractivity contribution in [2.75, 3.05) is 11.4 Å². The van der Waals surface area contributed by atoms with E-state index in [-0.39, 0.29) is 0 Å². The molecule has 4 aromatic rings. The number of benzene rings is 1. The molecule has 0 atom stereocenters. The van der Waals surface area contributed by atoms with Crippen molar-refractivity contribution < 1.29 is 4.52 Å². The van der Waals surface area contributed by atoms with Crippen molar-refractivity contribution in [2.24, 2.45) is 0 Å². The fraction of sp³-hybridized carbons (Fsp3) is 0.158. The zero-order chi connectivity index (χ0) is 17.3. The van der Waals surface area contributed by atoms with Gasteiger partial charge in [-0.1, -0.05) is 29.4 Å². The first kappa shape index (κ1) is 15.2. The second-order valence-corrected chi connectivity index (χ2v) is 6.92. The van der Waals surface area contributed by atoms with E-state index in [1.54, 1.807) is 23.9 Å². The standard InChI is InChI=1S/C19H15N5OS/c1-2-4-14-10-24(7-5-13(14)3-1)18-16(9-20-12-21-18)19-22-17(23-25-19)15-6-8-26-11-15/h1-4,6,8-9,11-12H,5,7,10H2. The molecule has 6 nitrogen and oxygen atoms in total. The molecule has 0 bridgehead atoms. The molecule has 0 spiro atoms. The summed E-state index contributed by atoms with van der Waals surface area (Å²) in [5, 5.41) is 8.10. The van der Waals surface area contributed by atoms with Gasteiger partial charge in [-0.3, -0.25) is 0 Å². The Balaban J connectivity index is 1.51. The van der Waals surface area contributed by atoms with Gasteiger partial charge in [0.1, 0.15) is 17.7 Å². The first-order valence-corrected chi connectivity index (χ1v) is 9.31. The first-order chi connectivity index (χ1) is 12.9. The monoisotopic (exact) mass is 361 g/mol. The second kappa shape index (κ2) is 6.34. The summed E-state index contributed by atoms with van der Waals surface area (Å²) in [6.45, 7) is 1.71. The van der Waals surface area contributed by atoms with Crippen molar-refractivity contribution in [2.45, 2.75) is 13.0 Å². The summed E-state index contributed by atoms with van der Waals surface area (Å²) in [5.41, 5.74) is 4.45. The fourth-order valence-corrected chi connectivity index (χ4v) is 3.88. The van der Waals surface area contributed by atoms with Crippen molar-refractivity contribution in [3.05, 3.63) is 64.7 Å². The third-order valence-corrected chi connectivity index (χ3v) is 5.24. The highest BCUT2D eigenvalue weighted by atomic mass is 32.1. The molecule has 128 valence electrons. The quantitative estimate of drug-likeness (QED) is 0.553. The molecule has 26 heavy (non-hydrogen) atoms. The second-order valence-electron chi connectivity index (χ2n) is 6.14. The molecule has 7 heteroatoms. The molecular formula is C19H15N5OS. The fourth-order valence-electron chi connectivity index (χ4n) is 3.24. The molecule has 0 saturated carbocycles. The summed E-state index contributed by atoms with van der Waals surface area (Å²) in [4.78, 5) is 15.5. The van der Waals surface area contributed by atoms with Crippen LogP contribution in [0.15, 0.2) is 58.1 Å². The number of anilines is 1. The first-order valence-electron chi connectivity index (χ1n) is 8.37. The number of thiophene rings is 1. The maximum atomic E-state index is 5.51. The van der Waals surface area contributed by atoms with Gasteiger partial charge in [-0.2, -0.15) is 16.3 Å². The Hall–Kier alpha value is -3.06. The van der Waals surface area contributed by atoms with Gasteiger partial charge in [-0.15, -0.1) is 0 Å². The SMILES string of the molecule is c1ccc2c(c1)CCN(c1ncncc1-c1nc(-c3ccsc3)no1)C2. The van der Waals surface area contributed by atoms with Gasteiger partial charge in [0.05, 0.1) is 0 Å². The van der Waals surface area contributed by atoms with Crippen LogP contribution in [0.3, 0.4) is 0 Å². The normalized spacial score (nSPS) is 13.6. The lowest BCUT2D eigenvalue weighted by Gasteiger charge is -2.30. The molecule has 4 heterocycles. The van der Waals surface area contributed by atoms with E-state index in [0.29, 0.717) is 11.7 Å². The molecule has 0 amide bonds. The van der Waals surface area contributed by atoms with Gasteiger partial charge < -0.3 is 9.42 Å². The Kier molecular flexibility index (Phi) is 3.71.